The molecular weight excluding hydrogens is 340 g/mol. The number of hydrogen-bond donors (Lipinski definition) is 1. The molecule has 1 amide bonds. The van der Waals surface area contributed by atoms with Crippen LogP contribution in [-0.2, 0) is 10.0 Å². The van der Waals surface area contributed by atoms with Gasteiger partial charge < -0.3 is 10.1 Å². The molecule has 0 heterocycles. The third kappa shape index (κ3) is 5.71. The van der Waals surface area contributed by atoms with Gasteiger partial charge in [0.2, 0.25) is 10.0 Å². The van der Waals surface area contributed by atoms with E-state index in [1.54, 1.807) is 19.9 Å². The number of benzene rings is 1. The van der Waals surface area contributed by atoms with Crippen LogP contribution in [0.4, 0.5) is 0 Å². The Kier molecular flexibility index (Phi) is 8.38. The number of carbonyl (C=O) groups is 1. The number of nitrogens with one attached hydrogen (secondary N) is 1. The van der Waals surface area contributed by atoms with Gasteiger partial charge in [-0.2, -0.15) is 4.31 Å². The lowest BCUT2D eigenvalue weighted by Crippen LogP contribution is -2.31. The van der Waals surface area contributed by atoms with E-state index in [2.05, 4.69) is 19.2 Å². The molecule has 0 fully saturated rings. The van der Waals surface area contributed by atoms with E-state index in [9.17, 15) is 13.2 Å². The van der Waals surface area contributed by atoms with Crippen molar-refractivity contribution >= 4 is 15.9 Å². The number of rotatable bonds is 10. The summed E-state index contributed by atoms with van der Waals surface area (Å²) in [7, 11) is -2.29. The molecule has 1 aromatic rings. The number of ether oxygens (including phenoxy) is 1. The van der Waals surface area contributed by atoms with Crippen LogP contribution in [0.25, 0.3) is 0 Å². The molecule has 0 saturated carbocycles. The van der Waals surface area contributed by atoms with Gasteiger partial charge in [-0.1, -0.05) is 27.7 Å². The van der Waals surface area contributed by atoms with Crippen LogP contribution in [0.5, 0.6) is 5.75 Å². The minimum Gasteiger partial charge on any atom is -0.495 e. The second kappa shape index (κ2) is 9.77. The molecule has 0 radical (unpaired) electrons. The Bertz CT molecular complexity index is 668. The molecule has 1 N–H and O–H groups in total. The first-order valence-corrected chi connectivity index (χ1v) is 10.2. The third-order valence-electron chi connectivity index (χ3n) is 3.99. The van der Waals surface area contributed by atoms with E-state index >= 15 is 0 Å². The van der Waals surface area contributed by atoms with Gasteiger partial charge in [0.25, 0.3) is 5.91 Å². The van der Waals surface area contributed by atoms with Gasteiger partial charge in [-0.05, 0) is 37.0 Å². The van der Waals surface area contributed by atoms with Crippen molar-refractivity contribution in [2.75, 3.05) is 26.7 Å². The summed E-state index contributed by atoms with van der Waals surface area (Å²) in [5, 5.41) is 2.84. The number of carbonyl (C=O) groups excluding carboxylic acids is 1. The van der Waals surface area contributed by atoms with Crippen LogP contribution in [0.3, 0.4) is 0 Å². The standard InChI is InChI=1S/C18H30N2O4S/c1-6-20(7-2)25(22,23)17-13-15(10-11-16(17)24-5)18(21)19-12-8-9-14(3)4/h10-11,13-14H,6-9,12H2,1-5H3,(H,19,21). The molecule has 1 aromatic carbocycles. The van der Waals surface area contributed by atoms with Crippen molar-refractivity contribution in [2.45, 2.75) is 45.4 Å². The van der Waals surface area contributed by atoms with Crippen molar-refractivity contribution in [1.29, 1.82) is 0 Å². The van der Waals surface area contributed by atoms with Crippen molar-refractivity contribution in [3.05, 3.63) is 23.8 Å². The van der Waals surface area contributed by atoms with Gasteiger partial charge in [-0.3, -0.25) is 4.79 Å². The number of nitrogens with zero attached hydrogens (tertiary/aromatic N) is 1. The minimum atomic E-state index is -3.71. The number of amides is 1. The molecule has 0 aromatic heterocycles. The molecule has 0 spiro atoms. The summed E-state index contributed by atoms with van der Waals surface area (Å²) < 4.78 is 32.1. The molecule has 0 bridgehead atoms. The largest absolute Gasteiger partial charge is 0.495 e. The Morgan fingerprint density at radius 1 is 1.24 bits per heavy atom. The molecule has 0 saturated heterocycles. The normalized spacial score (nSPS) is 11.8. The van der Waals surface area contributed by atoms with Gasteiger partial charge in [-0.15, -0.1) is 0 Å². The number of sulfonamides is 1. The highest BCUT2D eigenvalue weighted by atomic mass is 32.2. The Hall–Kier alpha value is -1.60. The summed E-state index contributed by atoms with van der Waals surface area (Å²) in [6.07, 6.45) is 1.93. The molecule has 0 aliphatic carbocycles. The van der Waals surface area contributed by atoms with Crippen LogP contribution in [0.15, 0.2) is 23.1 Å². The minimum absolute atomic E-state index is 0.0218. The smallest absolute Gasteiger partial charge is 0.251 e. The zero-order chi connectivity index (χ0) is 19.0. The predicted octanol–water partition coefficient (Wildman–Crippen LogP) is 2.89. The molecule has 0 unspecified atom stereocenters. The first-order chi connectivity index (χ1) is 11.8. The van der Waals surface area contributed by atoms with Crippen molar-refractivity contribution < 1.29 is 17.9 Å². The van der Waals surface area contributed by atoms with Gasteiger partial charge in [-0.25, -0.2) is 8.42 Å². The Balaban J connectivity index is 3.04. The van der Waals surface area contributed by atoms with E-state index in [1.165, 1.54) is 23.5 Å². The molecular formula is C18H30N2O4S. The Morgan fingerprint density at radius 2 is 1.88 bits per heavy atom. The molecule has 25 heavy (non-hydrogen) atoms. The summed E-state index contributed by atoms with van der Waals surface area (Å²) in [6.45, 7) is 9.10. The molecule has 0 aliphatic rings. The molecule has 1 rings (SSSR count). The van der Waals surface area contributed by atoms with E-state index in [4.69, 9.17) is 4.74 Å². The van der Waals surface area contributed by atoms with E-state index in [0.29, 0.717) is 31.1 Å². The fraction of sp³-hybridized carbons (Fsp3) is 0.611. The van der Waals surface area contributed by atoms with Crippen LogP contribution in [0.1, 0.15) is 50.9 Å². The van der Waals surface area contributed by atoms with Crippen molar-refractivity contribution in [3.63, 3.8) is 0 Å². The van der Waals surface area contributed by atoms with E-state index < -0.39 is 10.0 Å². The van der Waals surface area contributed by atoms with Gasteiger partial charge in [0.05, 0.1) is 7.11 Å². The van der Waals surface area contributed by atoms with Gasteiger partial charge in [0, 0.05) is 25.2 Å². The monoisotopic (exact) mass is 370 g/mol. The maximum absolute atomic E-state index is 12.8. The maximum Gasteiger partial charge on any atom is 0.251 e. The molecule has 142 valence electrons. The highest BCUT2D eigenvalue weighted by Gasteiger charge is 2.26. The highest BCUT2D eigenvalue weighted by molar-refractivity contribution is 7.89. The van der Waals surface area contributed by atoms with Gasteiger partial charge >= 0.3 is 0 Å². The molecule has 6 nitrogen and oxygen atoms in total. The van der Waals surface area contributed by atoms with E-state index in [0.717, 1.165) is 12.8 Å². The quantitative estimate of drug-likeness (QED) is 0.643. The number of hydrogen-bond acceptors (Lipinski definition) is 4. The van der Waals surface area contributed by atoms with Crippen molar-refractivity contribution in [3.8, 4) is 5.75 Å². The Labute approximate surface area is 151 Å². The maximum atomic E-state index is 12.8. The third-order valence-corrected chi connectivity index (χ3v) is 6.06. The first-order valence-electron chi connectivity index (χ1n) is 8.74. The van der Waals surface area contributed by atoms with Gasteiger partial charge in [0.15, 0.2) is 0 Å². The second-order valence-corrected chi connectivity index (χ2v) is 8.15. The van der Waals surface area contributed by atoms with E-state index in [-0.39, 0.29) is 16.6 Å². The van der Waals surface area contributed by atoms with Crippen LogP contribution >= 0.6 is 0 Å². The molecule has 7 heteroatoms. The SMILES string of the molecule is CCN(CC)S(=O)(=O)c1cc(C(=O)NCCCC(C)C)ccc1OC. The fourth-order valence-corrected chi connectivity index (χ4v) is 4.18. The topological polar surface area (TPSA) is 75.7 Å². The summed E-state index contributed by atoms with van der Waals surface area (Å²) in [5.41, 5.74) is 0.316. The van der Waals surface area contributed by atoms with Gasteiger partial charge in [0.1, 0.15) is 10.6 Å². The average molecular weight is 371 g/mol. The fourth-order valence-electron chi connectivity index (χ4n) is 2.54. The van der Waals surface area contributed by atoms with Crippen molar-refractivity contribution in [1.82, 2.24) is 9.62 Å². The average Bonchev–Trinajstić information content (AvgIpc) is 2.58. The summed E-state index contributed by atoms with van der Waals surface area (Å²) in [4.78, 5) is 12.3. The van der Waals surface area contributed by atoms with Crippen LogP contribution < -0.4 is 10.1 Å². The van der Waals surface area contributed by atoms with E-state index in [1.807, 2.05) is 0 Å². The predicted molar refractivity (Wildman–Crippen MR) is 99.5 cm³/mol. The highest BCUT2D eigenvalue weighted by Crippen LogP contribution is 2.27. The number of methoxy groups -OCH3 is 1. The molecule has 0 atom stereocenters. The Morgan fingerprint density at radius 3 is 2.40 bits per heavy atom. The summed E-state index contributed by atoms with van der Waals surface area (Å²) in [6, 6.07) is 4.50. The first kappa shape index (κ1) is 21.4. The van der Waals surface area contributed by atoms with Crippen LogP contribution in [0.2, 0.25) is 0 Å². The van der Waals surface area contributed by atoms with Crippen molar-refractivity contribution in [2.24, 2.45) is 5.92 Å². The lowest BCUT2D eigenvalue weighted by Gasteiger charge is -2.20. The summed E-state index contributed by atoms with van der Waals surface area (Å²) >= 11 is 0. The zero-order valence-corrected chi connectivity index (χ0v) is 16.6. The van der Waals surface area contributed by atoms with Crippen LogP contribution in [-0.4, -0.2) is 45.4 Å². The summed E-state index contributed by atoms with van der Waals surface area (Å²) in [5.74, 6) is 0.550. The second-order valence-electron chi connectivity index (χ2n) is 6.25. The lowest BCUT2D eigenvalue weighted by atomic mass is 10.1. The zero-order valence-electron chi connectivity index (χ0n) is 15.8. The lowest BCUT2D eigenvalue weighted by molar-refractivity contribution is 0.0952. The molecule has 0 aliphatic heterocycles. The van der Waals surface area contributed by atoms with Crippen LogP contribution in [0, 0.1) is 5.92 Å².